The molecule has 2 heterocycles. The predicted molar refractivity (Wildman–Crippen MR) is 121 cm³/mol. The highest BCUT2D eigenvalue weighted by atomic mass is 32.1. The van der Waals surface area contributed by atoms with Crippen LogP contribution in [0.15, 0.2) is 64.8 Å². The molecular formula is C23H22N4O3S. The van der Waals surface area contributed by atoms with E-state index in [1.54, 1.807) is 54.3 Å². The zero-order chi connectivity index (χ0) is 22.0. The second kappa shape index (κ2) is 8.61. The molecular weight excluding hydrogens is 412 g/mol. The topological polar surface area (TPSA) is 78.2 Å². The maximum Gasteiger partial charge on any atom is 0.295 e. The summed E-state index contributed by atoms with van der Waals surface area (Å²) in [7, 11) is 1.79. The van der Waals surface area contributed by atoms with Crippen molar-refractivity contribution in [2.24, 2.45) is 7.05 Å². The highest BCUT2D eigenvalue weighted by Gasteiger charge is 2.19. The van der Waals surface area contributed by atoms with E-state index in [4.69, 9.17) is 4.74 Å². The van der Waals surface area contributed by atoms with E-state index < -0.39 is 0 Å². The predicted octanol–water partition coefficient (Wildman–Crippen LogP) is 4.08. The third-order valence-corrected chi connectivity index (χ3v) is 5.76. The van der Waals surface area contributed by atoms with E-state index in [-0.39, 0.29) is 17.2 Å². The number of benzene rings is 2. The largest absolute Gasteiger partial charge is 0.487 e. The molecule has 8 heteroatoms. The molecule has 31 heavy (non-hydrogen) atoms. The Hall–Kier alpha value is -3.65. The molecule has 158 valence electrons. The maximum absolute atomic E-state index is 13.0. The summed E-state index contributed by atoms with van der Waals surface area (Å²) in [5.41, 5.74) is 2.60. The molecule has 0 unspecified atom stereocenters. The molecule has 0 atom stereocenters. The summed E-state index contributed by atoms with van der Waals surface area (Å²) in [4.78, 5) is 30.2. The first-order valence-electron chi connectivity index (χ1n) is 9.73. The molecule has 0 saturated heterocycles. The Kier molecular flexibility index (Phi) is 5.73. The first-order chi connectivity index (χ1) is 14.9. The van der Waals surface area contributed by atoms with Crippen LogP contribution in [0.1, 0.15) is 26.8 Å². The van der Waals surface area contributed by atoms with E-state index in [1.165, 1.54) is 4.68 Å². The number of para-hydroxylation sites is 1. The molecule has 0 radical (unpaired) electrons. The van der Waals surface area contributed by atoms with Crippen LogP contribution in [-0.4, -0.2) is 20.3 Å². The fourth-order valence-electron chi connectivity index (χ4n) is 3.26. The smallest absolute Gasteiger partial charge is 0.295 e. The summed E-state index contributed by atoms with van der Waals surface area (Å²) in [6.45, 7) is 4.07. The average Bonchev–Trinajstić information content (AvgIpc) is 3.29. The summed E-state index contributed by atoms with van der Waals surface area (Å²) < 4.78 is 9.02. The first-order valence-corrected chi connectivity index (χ1v) is 10.6. The van der Waals surface area contributed by atoms with Crippen molar-refractivity contribution in [3.8, 4) is 11.4 Å². The summed E-state index contributed by atoms with van der Waals surface area (Å²) >= 11 is 1.56. The van der Waals surface area contributed by atoms with E-state index in [2.05, 4.69) is 10.3 Å². The van der Waals surface area contributed by atoms with Crippen molar-refractivity contribution in [3.05, 3.63) is 92.3 Å². The molecule has 2 aromatic carbocycles. The van der Waals surface area contributed by atoms with Crippen molar-refractivity contribution in [1.29, 1.82) is 0 Å². The Balaban J connectivity index is 1.54. The van der Waals surface area contributed by atoms with Gasteiger partial charge in [-0.2, -0.15) is 0 Å². The number of aryl methyl sites for hydroxylation is 1. The fourth-order valence-corrected chi connectivity index (χ4v) is 3.85. The van der Waals surface area contributed by atoms with Crippen molar-refractivity contribution in [3.63, 3.8) is 0 Å². The zero-order valence-electron chi connectivity index (χ0n) is 17.5. The number of nitrogens with one attached hydrogen (secondary N) is 1. The second-order valence-electron chi connectivity index (χ2n) is 7.07. The first kappa shape index (κ1) is 20.6. The lowest BCUT2D eigenvalue weighted by Crippen LogP contribution is -2.23. The Labute approximate surface area is 183 Å². The molecule has 0 saturated carbocycles. The molecule has 0 fully saturated rings. The van der Waals surface area contributed by atoms with Gasteiger partial charge in [-0.3, -0.25) is 14.3 Å². The molecule has 0 bridgehead atoms. The quantitative estimate of drug-likeness (QED) is 0.496. The van der Waals surface area contributed by atoms with E-state index in [9.17, 15) is 9.59 Å². The lowest BCUT2D eigenvalue weighted by atomic mass is 10.2. The van der Waals surface area contributed by atoms with Crippen molar-refractivity contribution in [2.75, 3.05) is 5.32 Å². The highest BCUT2D eigenvalue weighted by Crippen LogP contribution is 2.19. The van der Waals surface area contributed by atoms with Gasteiger partial charge >= 0.3 is 0 Å². The number of carbonyl (C=O) groups excluding carboxylic acids is 1. The standard InChI is InChI=1S/C23H22N4O3S/c1-15-21(23(29)27(26(15)3)19-9-5-4-6-10-19)25-22(28)17-8-7-11-20(12-17)30-13-18-14-31-16(2)24-18/h4-12,14H,13H2,1-3H3,(H,25,28). The maximum atomic E-state index is 13.0. The van der Waals surface area contributed by atoms with Gasteiger partial charge in [0.05, 0.1) is 22.1 Å². The Morgan fingerprint density at radius 3 is 2.61 bits per heavy atom. The molecule has 2 aromatic heterocycles. The van der Waals surface area contributed by atoms with Crippen LogP contribution < -0.4 is 15.6 Å². The summed E-state index contributed by atoms with van der Waals surface area (Å²) in [6, 6.07) is 16.2. The molecule has 1 amide bonds. The summed E-state index contributed by atoms with van der Waals surface area (Å²) in [5, 5.41) is 5.69. The third-order valence-electron chi connectivity index (χ3n) is 4.94. The van der Waals surface area contributed by atoms with Crippen LogP contribution in [0.4, 0.5) is 5.69 Å². The van der Waals surface area contributed by atoms with Crippen LogP contribution in [0.3, 0.4) is 0 Å². The second-order valence-corrected chi connectivity index (χ2v) is 8.13. The van der Waals surface area contributed by atoms with Gasteiger partial charge in [0, 0.05) is 18.0 Å². The SMILES string of the molecule is Cc1nc(COc2cccc(C(=O)Nc3c(C)n(C)n(-c4ccccc4)c3=O)c2)cs1. The van der Waals surface area contributed by atoms with E-state index in [0.29, 0.717) is 23.6 Å². The van der Waals surface area contributed by atoms with Gasteiger partial charge in [0.1, 0.15) is 18.0 Å². The third kappa shape index (κ3) is 4.29. The number of anilines is 1. The van der Waals surface area contributed by atoms with Crippen molar-refractivity contribution < 1.29 is 9.53 Å². The van der Waals surface area contributed by atoms with Gasteiger partial charge in [-0.05, 0) is 44.2 Å². The molecule has 7 nitrogen and oxygen atoms in total. The zero-order valence-corrected chi connectivity index (χ0v) is 18.3. The number of hydrogen-bond acceptors (Lipinski definition) is 5. The van der Waals surface area contributed by atoms with Crippen molar-refractivity contribution in [1.82, 2.24) is 14.3 Å². The molecule has 0 aliphatic rings. The molecule has 0 aliphatic carbocycles. The normalized spacial score (nSPS) is 10.8. The summed E-state index contributed by atoms with van der Waals surface area (Å²) in [6.07, 6.45) is 0. The van der Waals surface area contributed by atoms with E-state index >= 15 is 0 Å². The lowest BCUT2D eigenvalue weighted by molar-refractivity contribution is 0.102. The van der Waals surface area contributed by atoms with Crippen LogP contribution in [0.5, 0.6) is 5.75 Å². The van der Waals surface area contributed by atoms with Gasteiger partial charge < -0.3 is 10.1 Å². The average molecular weight is 435 g/mol. The Morgan fingerprint density at radius 1 is 1.13 bits per heavy atom. The van der Waals surface area contributed by atoms with Gasteiger partial charge in [0.15, 0.2) is 0 Å². The van der Waals surface area contributed by atoms with Gasteiger partial charge in [-0.25, -0.2) is 9.67 Å². The van der Waals surface area contributed by atoms with Crippen LogP contribution in [0.2, 0.25) is 0 Å². The van der Waals surface area contributed by atoms with Gasteiger partial charge in [0.25, 0.3) is 11.5 Å². The Morgan fingerprint density at radius 2 is 1.90 bits per heavy atom. The van der Waals surface area contributed by atoms with Crippen LogP contribution in [0, 0.1) is 13.8 Å². The Bertz CT molecular complexity index is 1290. The number of ether oxygens (including phenoxy) is 1. The molecule has 0 aliphatic heterocycles. The number of aromatic nitrogens is 3. The van der Waals surface area contributed by atoms with E-state index in [1.807, 2.05) is 42.6 Å². The lowest BCUT2D eigenvalue weighted by Gasteiger charge is -2.08. The number of hydrogen-bond donors (Lipinski definition) is 1. The van der Waals surface area contributed by atoms with Crippen molar-refractivity contribution >= 4 is 22.9 Å². The minimum Gasteiger partial charge on any atom is -0.487 e. The molecule has 4 aromatic rings. The number of thiazole rings is 1. The highest BCUT2D eigenvalue weighted by molar-refractivity contribution is 7.09. The molecule has 4 rings (SSSR count). The molecule has 0 spiro atoms. The minimum absolute atomic E-state index is 0.251. The van der Waals surface area contributed by atoms with E-state index in [0.717, 1.165) is 16.4 Å². The van der Waals surface area contributed by atoms with Gasteiger partial charge in [-0.1, -0.05) is 24.3 Å². The number of carbonyl (C=O) groups is 1. The fraction of sp³-hybridized carbons (Fsp3) is 0.174. The van der Waals surface area contributed by atoms with Crippen LogP contribution in [0.25, 0.3) is 5.69 Å². The number of nitrogens with zero attached hydrogens (tertiary/aromatic N) is 3. The van der Waals surface area contributed by atoms with Crippen LogP contribution >= 0.6 is 11.3 Å². The van der Waals surface area contributed by atoms with Gasteiger partial charge in [0.2, 0.25) is 0 Å². The van der Waals surface area contributed by atoms with Gasteiger partial charge in [-0.15, -0.1) is 11.3 Å². The van der Waals surface area contributed by atoms with Crippen molar-refractivity contribution in [2.45, 2.75) is 20.5 Å². The summed E-state index contributed by atoms with van der Waals surface area (Å²) in [5.74, 6) is 0.186. The minimum atomic E-state index is -0.374. The monoisotopic (exact) mass is 434 g/mol. The van der Waals surface area contributed by atoms with Crippen LogP contribution in [-0.2, 0) is 13.7 Å². The molecule has 1 N–H and O–H groups in total. The number of rotatable bonds is 6. The number of amides is 1.